The van der Waals surface area contributed by atoms with E-state index in [4.69, 9.17) is 0 Å². The highest BCUT2D eigenvalue weighted by Crippen LogP contribution is 2.38. The standard InChI is InChI=1S/C27H31N3O3/c1-3-24-17-29(26(32)27(33)11-12-27)18(2)16-30(24)25(31)20-6-4-19(5-7-20)21-8-9-23-15-28-13-10-22(23)14-21/h3-9,14,18,24,28,33H,1,10-13,15-17H2,2H3/t18-,24+/m0/s1. The minimum atomic E-state index is -1.20. The fraction of sp³-hybridized carbons (Fsp3) is 0.407. The van der Waals surface area contributed by atoms with E-state index in [0.717, 1.165) is 30.6 Å². The molecule has 0 unspecified atom stereocenters. The van der Waals surface area contributed by atoms with E-state index in [1.54, 1.807) is 15.9 Å². The Hall–Kier alpha value is -2.96. The van der Waals surface area contributed by atoms with Crippen molar-refractivity contribution in [3.05, 3.63) is 71.8 Å². The Morgan fingerprint density at radius 1 is 1.06 bits per heavy atom. The highest BCUT2D eigenvalue weighted by molar-refractivity contribution is 5.95. The lowest BCUT2D eigenvalue weighted by Gasteiger charge is -2.45. The molecule has 33 heavy (non-hydrogen) atoms. The number of carbonyl (C=O) groups excluding carboxylic acids is 2. The summed E-state index contributed by atoms with van der Waals surface area (Å²) in [6.45, 7) is 8.53. The second-order valence-corrected chi connectivity index (χ2v) is 9.59. The summed E-state index contributed by atoms with van der Waals surface area (Å²) in [6, 6.07) is 13.9. The van der Waals surface area contributed by atoms with Crippen molar-refractivity contribution in [2.24, 2.45) is 0 Å². The van der Waals surface area contributed by atoms with Crippen molar-refractivity contribution >= 4 is 11.8 Å². The molecule has 1 aliphatic carbocycles. The van der Waals surface area contributed by atoms with Crippen LogP contribution in [0, 0.1) is 0 Å². The molecule has 2 heterocycles. The van der Waals surface area contributed by atoms with Gasteiger partial charge < -0.3 is 20.2 Å². The van der Waals surface area contributed by atoms with Gasteiger partial charge in [0.25, 0.3) is 11.8 Å². The maximum Gasteiger partial charge on any atom is 0.254 e. The monoisotopic (exact) mass is 445 g/mol. The zero-order valence-corrected chi connectivity index (χ0v) is 19.1. The summed E-state index contributed by atoms with van der Waals surface area (Å²) in [5.41, 5.74) is 4.42. The molecule has 2 fully saturated rings. The number of aliphatic hydroxyl groups is 1. The van der Waals surface area contributed by atoms with Gasteiger partial charge in [-0.25, -0.2) is 0 Å². The van der Waals surface area contributed by atoms with Gasteiger partial charge in [-0.3, -0.25) is 9.59 Å². The zero-order chi connectivity index (χ0) is 23.2. The molecular weight excluding hydrogens is 414 g/mol. The number of fused-ring (bicyclic) bond motifs is 1. The molecule has 6 heteroatoms. The highest BCUT2D eigenvalue weighted by atomic mass is 16.3. The molecule has 0 bridgehead atoms. The quantitative estimate of drug-likeness (QED) is 0.710. The third kappa shape index (κ3) is 4.09. The maximum atomic E-state index is 13.4. The smallest absolute Gasteiger partial charge is 0.254 e. The van der Waals surface area contributed by atoms with Crippen LogP contribution in [0.15, 0.2) is 55.1 Å². The Morgan fingerprint density at radius 3 is 2.48 bits per heavy atom. The minimum Gasteiger partial charge on any atom is -0.380 e. The summed E-state index contributed by atoms with van der Waals surface area (Å²) < 4.78 is 0. The van der Waals surface area contributed by atoms with Crippen molar-refractivity contribution in [2.45, 2.75) is 50.4 Å². The van der Waals surface area contributed by atoms with Crippen LogP contribution in [0.5, 0.6) is 0 Å². The van der Waals surface area contributed by atoms with Crippen LogP contribution in [-0.2, 0) is 17.8 Å². The molecule has 5 rings (SSSR count). The van der Waals surface area contributed by atoms with Crippen LogP contribution >= 0.6 is 0 Å². The van der Waals surface area contributed by atoms with E-state index in [1.165, 1.54) is 11.1 Å². The van der Waals surface area contributed by atoms with E-state index in [9.17, 15) is 14.7 Å². The fourth-order valence-corrected chi connectivity index (χ4v) is 4.94. The van der Waals surface area contributed by atoms with Crippen molar-refractivity contribution < 1.29 is 14.7 Å². The van der Waals surface area contributed by atoms with Gasteiger partial charge in [-0.15, -0.1) is 6.58 Å². The molecule has 2 amide bonds. The minimum absolute atomic E-state index is 0.0629. The Morgan fingerprint density at radius 2 is 1.79 bits per heavy atom. The maximum absolute atomic E-state index is 13.4. The second-order valence-electron chi connectivity index (χ2n) is 9.59. The van der Waals surface area contributed by atoms with Crippen LogP contribution in [-0.4, -0.2) is 64.0 Å². The molecule has 172 valence electrons. The molecule has 1 saturated carbocycles. The van der Waals surface area contributed by atoms with Crippen LogP contribution in [0.25, 0.3) is 11.1 Å². The van der Waals surface area contributed by atoms with Gasteiger partial charge >= 0.3 is 0 Å². The normalized spacial score (nSPS) is 23.6. The van der Waals surface area contributed by atoms with Gasteiger partial charge in [0.2, 0.25) is 0 Å². The van der Waals surface area contributed by atoms with Crippen LogP contribution in [0.4, 0.5) is 0 Å². The molecule has 2 N–H and O–H groups in total. The van der Waals surface area contributed by atoms with Gasteiger partial charge in [-0.2, -0.15) is 0 Å². The number of hydrogen-bond acceptors (Lipinski definition) is 4. The second kappa shape index (κ2) is 8.43. The number of carbonyl (C=O) groups is 2. The lowest BCUT2D eigenvalue weighted by atomic mass is 9.95. The van der Waals surface area contributed by atoms with E-state index >= 15 is 0 Å². The molecule has 2 aliphatic heterocycles. The summed E-state index contributed by atoms with van der Waals surface area (Å²) in [7, 11) is 0. The number of nitrogens with one attached hydrogen (secondary N) is 1. The third-order valence-electron chi connectivity index (χ3n) is 7.25. The van der Waals surface area contributed by atoms with E-state index in [1.807, 2.05) is 31.2 Å². The zero-order valence-electron chi connectivity index (χ0n) is 19.1. The Balaban J connectivity index is 1.32. The van der Waals surface area contributed by atoms with Crippen molar-refractivity contribution in [1.29, 1.82) is 0 Å². The molecule has 2 atom stereocenters. The summed E-state index contributed by atoms with van der Waals surface area (Å²) in [5.74, 6) is -0.286. The van der Waals surface area contributed by atoms with Gasteiger partial charge in [-0.05, 0) is 67.1 Å². The van der Waals surface area contributed by atoms with E-state index in [-0.39, 0.29) is 23.9 Å². The first-order valence-electron chi connectivity index (χ1n) is 11.8. The van der Waals surface area contributed by atoms with Crippen molar-refractivity contribution in [2.75, 3.05) is 19.6 Å². The predicted octanol–water partition coefficient (Wildman–Crippen LogP) is 2.75. The molecule has 1 saturated heterocycles. The van der Waals surface area contributed by atoms with Crippen LogP contribution in [0.3, 0.4) is 0 Å². The van der Waals surface area contributed by atoms with Crippen molar-refractivity contribution in [3.63, 3.8) is 0 Å². The number of piperazine rings is 1. The molecule has 0 radical (unpaired) electrons. The predicted molar refractivity (Wildman–Crippen MR) is 128 cm³/mol. The van der Waals surface area contributed by atoms with E-state index < -0.39 is 5.60 Å². The van der Waals surface area contributed by atoms with E-state index in [0.29, 0.717) is 31.5 Å². The first-order valence-corrected chi connectivity index (χ1v) is 11.8. The molecule has 6 nitrogen and oxygen atoms in total. The van der Waals surface area contributed by atoms with Crippen molar-refractivity contribution in [1.82, 2.24) is 15.1 Å². The average Bonchev–Trinajstić information content (AvgIpc) is 3.61. The highest BCUT2D eigenvalue weighted by Gasteiger charge is 2.52. The van der Waals surface area contributed by atoms with Crippen LogP contribution in [0.2, 0.25) is 0 Å². The summed E-state index contributed by atoms with van der Waals surface area (Å²) in [4.78, 5) is 29.6. The molecule has 2 aromatic rings. The average molecular weight is 446 g/mol. The van der Waals surface area contributed by atoms with Crippen molar-refractivity contribution in [3.8, 4) is 11.1 Å². The number of hydrogen-bond donors (Lipinski definition) is 2. The molecule has 0 aromatic heterocycles. The van der Waals surface area contributed by atoms with Gasteiger partial charge in [0.1, 0.15) is 5.60 Å². The topological polar surface area (TPSA) is 72.9 Å². The van der Waals surface area contributed by atoms with Gasteiger partial charge in [-0.1, -0.05) is 36.4 Å². The summed E-state index contributed by atoms with van der Waals surface area (Å²) in [6.07, 6.45) is 3.79. The fourth-order valence-electron chi connectivity index (χ4n) is 4.94. The number of rotatable bonds is 4. The summed E-state index contributed by atoms with van der Waals surface area (Å²) >= 11 is 0. The Labute approximate surface area is 194 Å². The van der Waals surface area contributed by atoms with E-state index in [2.05, 4.69) is 30.1 Å². The molecular formula is C27H31N3O3. The molecule has 0 spiro atoms. The SMILES string of the molecule is C=C[C@@H]1CN(C(=O)C2(O)CC2)[C@@H](C)CN1C(=O)c1ccc(-c2ccc3c(c2)CCNC3)cc1. The lowest BCUT2D eigenvalue weighted by molar-refractivity contribution is -0.147. The number of amides is 2. The van der Waals surface area contributed by atoms with Crippen LogP contribution < -0.4 is 5.32 Å². The largest absolute Gasteiger partial charge is 0.380 e. The summed E-state index contributed by atoms with van der Waals surface area (Å²) in [5, 5.41) is 13.7. The van der Waals surface area contributed by atoms with Gasteiger partial charge in [0, 0.05) is 31.2 Å². The Bertz CT molecular complexity index is 1090. The third-order valence-corrected chi connectivity index (χ3v) is 7.25. The first-order chi connectivity index (χ1) is 15.9. The first kappa shape index (κ1) is 21.9. The molecule has 2 aromatic carbocycles. The number of nitrogens with zero attached hydrogens (tertiary/aromatic N) is 2. The lowest BCUT2D eigenvalue weighted by Crippen LogP contribution is -2.61. The van der Waals surface area contributed by atoms with Gasteiger partial charge in [0.05, 0.1) is 6.04 Å². The number of benzene rings is 2. The molecule has 3 aliphatic rings. The van der Waals surface area contributed by atoms with Gasteiger partial charge in [0.15, 0.2) is 0 Å². The van der Waals surface area contributed by atoms with Crippen LogP contribution in [0.1, 0.15) is 41.3 Å². The Kier molecular flexibility index (Phi) is 5.59.